The van der Waals surface area contributed by atoms with Crippen molar-refractivity contribution >= 4 is 22.9 Å². The number of nitrogens with zero attached hydrogens (tertiary/aromatic N) is 3. The minimum atomic E-state index is -0.811. The number of benzene rings is 2. The second-order valence-corrected chi connectivity index (χ2v) is 9.19. The SMILES string of the molecule is C[C@H](C1C=CC(F)=CC1)N(C)C(=O)c1ccc2nc(-c3ccccc3)c(CCCCC(=O)O)nc2c1. The zero-order valence-corrected chi connectivity index (χ0v) is 20.5. The van der Waals surface area contributed by atoms with Gasteiger partial charge in [-0.15, -0.1) is 0 Å². The van der Waals surface area contributed by atoms with Crippen molar-refractivity contribution in [2.45, 2.75) is 45.1 Å². The van der Waals surface area contributed by atoms with Crippen molar-refractivity contribution in [3.63, 3.8) is 0 Å². The average Bonchev–Trinajstić information content (AvgIpc) is 2.90. The predicted octanol–water partition coefficient (Wildman–Crippen LogP) is 5.98. The van der Waals surface area contributed by atoms with Gasteiger partial charge in [-0.05, 0) is 63.0 Å². The summed E-state index contributed by atoms with van der Waals surface area (Å²) in [7, 11) is 1.76. The first-order valence-electron chi connectivity index (χ1n) is 12.2. The zero-order chi connectivity index (χ0) is 25.7. The van der Waals surface area contributed by atoms with Crippen molar-refractivity contribution in [3.8, 4) is 11.3 Å². The number of fused-ring (bicyclic) bond motifs is 1. The molecule has 1 unspecified atom stereocenters. The van der Waals surface area contributed by atoms with E-state index in [1.54, 1.807) is 30.2 Å². The Bertz CT molecular complexity index is 1320. The molecule has 0 spiro atoms. The quantitative estimate of drug-likeness (QED) is 0.375. The van der Waals surface area contributed by atoms with Gasteiger partial charge in [-0.2, -0.15) is 0 Å². The number of hydrogen-bond donors (Lipinski definition) is 1. The van der Waals surface area contributed by atoms with Crippen molar-refractivity contribution in [1.82, 2.24) is 14.9 Å². The van der Waals surface area contributed by atoms with Gasteiger partial charge in [0, 0.05) is 36.6 Å². The van der Waals surface area contributed by atoms with Crippen LogP contribution in [0.15, 0.2) is 72.6 Å². The van der Waals surface area contributed by atoms with Crippen LogP contribution in [0.25, 0.3) is 22.3 Å². The summed E-state index contributed by atoms with van der Waals surface area (Å²) < 4.78 is 13.4. The summed E-state index contributed by atoms with van der Waals surface area (Å²) in [5, 5.41) is 8.96. The molecule has 0 fully saturated rings. The number of aryl methyl sites for hydroxylation is 1. The van der Waals surface area contributed by atoms with Crippen LogP contribution in [-0.2, 0) is 11.2 Å². The summed E-state index contributed by atoms with van der Waals surface area (Å²) in [6, 6.07) is 15.0. The zero-order valence-electron chi connectivity index (χ0n) is 20.5. The monoisotopic (exact) mass is 487 g/mol. The highest BCUT2D eigenvalue weighted by Crippen LogP contribution is 2.27. The molecule has 2 aromatic carbocycles. The van der Waals surface area contributed by atoms with Gasteiger partial charge in [0.05, 0.1) is 22.4 Å². The van der Waals surface area contributed by atoms with Gasteiger partial charge in [0.15, 0.2) is 0 Å². The van der Waals surface area contributed by atoms with Gasteiger partial charge in [-0.3, -0.25) is 9.59 Å². The van der Waals surface area contributed by atoms with Gasteiger partial charge in [0.25, 0.3) is 5.91 Å². The van der Waals surface area contributed by atoms with E-state index >= 15 is 0 Å². The number of hydrogen-bond acceptors (Lipinski definition) is 4. The molecule has 0 aliphatic heterocycles. The molecule has 0 bridgehead atoms. The molecule has 1 heterocycles. The third-order valence-corrected chi connectivity index (χ3v) is 6.72. The van der Waals surface area contributed by atoms with Crippen molar-refractivity contribution in [3.05, 3.63) is 83.8 Å². The van der Waals surface area contributed by atoms with E-state index in [4.69, 9.17) is 15.1 Å². The number of rotatable bonds is 9. The van der Waals surface area contributed by atoms with Crippen molar-refractivity contribution in [2.24, 2.45) is 5.92 Å². The summed E-state index contributed by atoms with van der Waals surface area (Å²) in [6.07, 6.45) is 7.31. The maximum atomic E-state index is 13.4. The molecule has 7 heteroatoms. The number of aliphatic carboxylic acids is 1. The summed E-state index contributed by atoms with van der Waals surface area (Å²) in [5.74, 6) is -1.14. The Balaban J connectivity index is 1.61. The van der Waals surface area contributed by atoms with Crippen LogP contribution in [0.1, 0.15) is 48.7 Å². The van der Waals surface area contributed by atoms with Gasteiger partial charge >= 0.3 is 5.97 Å². The van der Waals surface area contributed by atoms with E-state index in [1.165, 1.54) is 6.08 Å². The number of amides is 1. The number of unbranched alkanes of at least 4 members (excludes halogenated alkanes) is 1. The van der Waals surface area contributed by atoms with E-state index in [2.05, 4.69) is 0 Å². The van der Waals surface area contributed by atoms with Crippen LogP contribution < -0.4 is 0 Å². The number of carbonyl (C=O) groups is 2. The van der Waals surface area contributed by atoms with E-state index in [-0.39, 0.29) is 30.1 Å². The van der Waals surface area contributed by atoms with Crippen LogP contribution in [0.2, 0.25) is 0 Å². The van der Waals surface area contributed by atoms with Crippen molar-refractivity contribution in [2.75, 3.05) is 7.05 Å². The van der Waals surface area contributed by atoms with Gasteiger partial charge in [0.2, 0.25) is 0 Å². The highest BCUT2D eigenvalue weighted by molar-refractivity contribution is 5.97. The molecule has 1 aliphatic carbocycles. The smallest absolute Gasteiger partial charge is 0.303 e. The number of carbonyl (C=O) groups excluding carboxylic acids is 1. The second kappa shape index (κ2) is 11.2. The minimum Gasteiger partial charge on any atom is -0.481 e. The van der Waals surface area contributed by atoms with Crippen LogP contribution in [0, 0.1) is 5.92 Å². The highest BCUT2D eigenvalue weighted by Gasteiger charge is 2.25. The summed E-state index contributed by atoms with van der Waals surface area (Å²) in [5.41, 5.74) is 4.32. The molecule has 4 rings (SSSR count). The molecule has 0 saturated heterocycles. The summed E-state index contributed by atoms with van der Waals surface area (Å²) in [4.78, 5) is 35.6. The molecule has 2 atom stereocenters. The third kappa shape index (κ3) is 5.85. The molecule has 36 heavy (non-hydrogen) atoms. The molecule has 1 aromatic heterocycles. The van der Waals surface area contributed by atoms with E-state index in [0.717, 1.165) is 17.0 Å². The van der Waals surface area contributed by atoms with Crippen LogP contribution in [-0.4, -0.2) is 44.9 Å². The number of allylic oxidation sites excluding steroid dienone is 3. The Morgan fingerprint density at radius 2 is 1.89 bits per heavy atom. The van der Waals surface area contributed by atoms with Crippen LogP contribution >= 0.6 is 0 Å². The van der Waals surface area contributed by atoms with Gasteiger partial charge in [-0.25, -0.2) is 14.4 Å². The first-order valence-corrected chi connectivity index (χ1v) is 12.2. The fourth-order valence-corrected chi connectivity index (χ4v) is 4.44. The minimum absolute atomic E-state index is 0.0459. The fourth-order valence-electron chi connectivity index (χ4n) is 4.44. The summed E-state index contributed by atoms with van der Waals surface area (Å²) in [6.45, 7) is 1.96. The standard InChI is InChI=1S/C29H30FN3O3/c1-19(20-12-15-23(30)16-13-20)33(2)29(36)22-14-17-24-26(18-22)31-25(10-6-7-11-27(34)35)28(32-24)21-8-4-3-5-9-21/h3-5,8-9,12,14-20H,6-7,10-11,13H2,1-2H3,(H,34,35)/t19-,20?/m1/s1. The van der Waals surface area contributed by atoms with Gasteiger partial charge in [-0.1, -0.05) is 36.4 Å². The van der Waals surface area contributed by atoms with Crippen LogP contribution in [0.3, 0.4) is 0 Å². The molecule has 3 aromatic rings. The largest absolute Gasteiger partial charge is 0.481 e. The van der Waals surface area contributed by atoms with Gasteiger partial charge in [0.1, 0.15) is 5.83 Å². The topological polar surface area (TPSA) is 83.4 Å². The third-order valence-electron chi connectivity index (χ3n) is 6.72. The molecule has 6 nitrogen and oxygen atoms in total. The van der Waals surface area contributed by atoms with E-state index in [1.807, 2.05) is 49.4 Å². The molecule has 186 valence electrons. The average molecular weight is 488 g/mol. The molecule has 0 radical (unpaired) electrons. The Hall–Kier alpha value is -3.87. The molecule has 1 aliphatic rings. The molecule has 1 N–H and O–H groups in total. The highest BCUT2D eigenvalue weighted by atomic mass is 19.1. The van der Waals surface area contributed by atoms with Crippen LogP contribution in [0.5, 0.6) is 0 Å². The van der Waals surface area contributed by atoms with Gasteiger partial charge < -0.3 is 10.0 Å². The predicted molar refractivity (Wildman–Crippen MR) is 138 cm³/mol. The molecular weight excluding hydrogens is 457 g/mol. The lowest BCUT2D eigenvalue weighted by atomic mass is 9.92. The van der Waals surface area contributed by atoms with Crippen LogP contribution in [0.4, 0.5) is 4.39 Å². The Morgan fingerprint density at radius 3 is 2.58 bits per heavy atom. The summed E-state index contributed by atoms with van der Waals surface area (Å²) >= 11 is 0. The van der Waals surface area contributed by atoms with E-state index in [0.29, 0.717) is 42.3 Å². The normalized spacial score (nSPS) is 16.0. The van der Waals surface area contributed by atoms with Crippen molar-refractivity contribution in [1.29, 1.82) is 0 Å². The Kier molecular flexibility index (Phi) is 7.88. The number of halogens is 1. The number of carboxylic acid groups (broad SMARTS) is 1. The molecule has 1 amide bonds. The maximum Gasteiger partial charge on any atom is 0.303 e. The first-order chi connectivity index (χ1) is 17.3. The first kappa shape index (κ1) is 25.2. The molecular formula is C29H30FN3O3. The maximum absolute atomic E-state index is 13.4. The number of aromatic nitrogens is 2. The fraction of sp³-hybridized carbons (Fsp3) is 0.310. The number of carboxylic acids is 1. The lowest BCUT2D eigenvalue weighted by Crippen LogP contribution is -2.39. The molecule has 0 saturated carbocycles. The van der Waals surface area contributed by atoms with Crippen molar-refractivity contribution < 1.29 is 19.1 Å². The Labute approximate surface area is 210 Å². The lowest BCUT2D eigenvalue weighted by Gasteiger charge is -2.31. The Morgan fingerprint density at radius 1 is 1.11 bits per heavy atom. The van der Waals surface area contributed by atoms with E-state index in [9.17, 15) is 14.0 Å². The second-order valence-electron chi connectivity index (χ2n) is 9.19. The van der Waals surface area contributed by atoms with E-state index < -0.39 is 5.97 Å². The lowest BCUT2D eigenvalue weighted by molar-refractivity contribution is -0.137.